The van der Waals surface area contributed by atoms with E-state index in [2.05, 4.69) is 79.5 Å². The highest BCUT2D eigenvalue weighted by atomic mass is 15.2. The zero-order valence-corrected chi connectivity index (χ0v) is 19.6. The van der Waals surface area contributed by atoms with Crippen LogP contribution in [0.1, 0.15) is 11.1 Å². The van der Waals surface area contributed by atoms with Crippen LogP contribution in [0.15, 0.2) is 61.2 Å². The minimum Gasteiger partial charge on any atom is -0.373 e. The zero-order chi connectivity index (χ0) is 23.2. The molecule has 0 radical (unpaired) electrons. The van der Waals surface area contributed by atoms with Gasteiger partial charge in [0.25, 0.3) is 0 Å². The SMILES string of the molecule is C=C(Nc1cc(CN2CCN(C)CC2)ccn1)Nc1cc(-c2nccc(NC)n2)ccc1C. The quantitative estimate of drug-likeness (QED) is 0.486. The Labute approximate surface area is 195 Å². The average Bonchev–Trinajstić information content (AvgIpc) is 2.82. The number of aryl methyl sites for hydroxylation is 1. The van der Waals surface area contributed by atoms with Crippen molar-refractivity contribution in [3.05, 3.63) is 72.3 Å². The molecule has 3 N–H and O–H groups in total. The number of aromatic nitrogens is 3. The predicted molar refractivity (Wildman–Crippen MR) is 135 cm³/mol. The lowest BCUT2D eigenvalue weighted by Gasteiger charge is -2.32. The van der Waals surface area contributed by atoms with E-state index < -0.39 is 0 Å². The fraction of sp³-hybridized carbons (Fsp3) is 0.320. The third-order valence-electron chi connectivity index (χ3n) is 5.80. The van der Waals surface area contributed by atoms with Gasteiger partial charge in [0.1, 0.15) is 17.5 Å². The molecule has 3 heterocycles. The Morgan fingerprint density at radius 3 is 2.55 bits per heavy atom. The van der Waals surface area contributed by atoms with Crippen molar-refractivity contribution < 1.29 is 0 Å². The molecule has 4 rings (SSSR count). The molecule has 0 bridgehead atoms. The maximum absolute atomic E-state index is 4.54. The number of piperazine rings is 1. The number of benzene rings is 1. The van der Waals surface area contributed by atoms with Gasteiger partial charge in [-0.25, -0.2) is 15.0 Å². The summed E-state index contributed by atoms with van der Waals surface area (Å²) in [6.07, 6.45) is 3.60. The van der Waals surface area contributed by atoms with Crippen LogP contribution >= 0.6 is 0 Å². The molecule has 0 spiro atoms. The summed E-state index contributed by atoms with van der Waals surface area (Å²) in [5.41, 5.74) is 4.21. The van der Waals surface area contributed by atoms with Crippen molar-refractivity contribution >= 4 is 17.3 Å². The molecule has 0 amide bonds. The van der Waals surface area contributed by atoms with E-state index in [9.17, 15) is 0 Å². The van der Waals surface area contributed by atoms with E-state index in [1.54, 1.807) is 6.20 Å². The maximum Gasteiger partial charge on any atom is 0.161 e. The highest BCUT2D eigenvalue weighted by Gasteiger charge is 2.14. The van der Waals surface area contributed by atoms with Gasteiger partial charge < -0.3 is 20.9 Å². The summed E-state index contributed by atoms with van der Waals surface area (Å²) < 4.78 is 0. The van der Waals surface area contributed by atoms with Crippen LogP contribution in [0, 0.1) is 6.92 Å². The van der Waals surface area contributed by atoms with Gasteiger partial charge in [0, 0.05) is 63.4 Å². The van der Waals surface area contributed by atoms with Crippen molar-refractivity contribution in [1.29, 1.82) is 0 Å². The molecule has 1 aliphatic heterocycles. The fourth-order valence-corrected chi connectivity index (χ4v) is 3.79. The summed E-state index contributed by atoms with van der Waals surface area (Å²) in [5, 5.41) is 9.72. The summed E-state index contributed by atoms with van der Waals surface area (Å²) in [6.45, 7) is 11.5. The van der Waals surface area contributed by atoms with E-state index in [-0.39, 0.29) is 0 Å². The summed E-state index contributed by atoms with van der Waals surface area (Å²) in [7, 11) is 4.02. The second-order valence-corrected chi connectivity index (χ2v) is 8.40. The molecular weight excluding hydrogens is 412 g/mol. The smallest absolute Gasteiger partial charge is 0.161 e. The van der Waals surface area contributed by atoms with Gasteiger partial charge in [-0.2, -0.15) is 0 Å². The normalized spacial score (nSPS) is 14.6. The van der Waals surface area contributed by atoms with E-state index in [0.717, 1.165) is 61.2 Å². The Kier molecular flexibility index (Phi) is 7.16. The molecule has 1 aliphatic rings. The van der Waals surface area contributed by atoms with E-state index in [1.807, 2.05) is 31.4 Å². The highest BCUT2D eigenvalue weighted by molar-refractivity contribution is 5.68. The minimum atomic E-state index is 0.657. The summed E-state index contributed by atoms with van der Waals surface area (Å²) in [4.78, 5) is 18.3. The van der Waals surface area contributed by atoms with Crippen LogP contribution in [-0.4, -0.2) is 65.0 Å². The van der Waals surface area contributed by atoms with E-state index >= 15 is 0 Å². The molecule has 2 aromatic heterocycles. The summed E-state index contributed by atoms with van der Waals surface area (Å²) >= 11 is 0. The lowest BCUT2D eigenvalue weighted by molar-refractivity contribution is 0.148. The number of pyridine rings is 1. The molecule has 0 atom stereocenters. The van der Waals surface area contributed by atoms with Gasteiger partial charge in [0.05, 0.1) is 0 Å². The van der Waals surface area contributed by atoms with Crippen molar-refractivity contribution in [1.82, 2.24) is 24.8 Å². The third kappa shape index (κ3) is 6.06. The van der Waals surface area contributed by atoms with Crippen molar-refractivity contribution in [2.75, 3.05) is 56.2 Å². The van der Waals surface area contributed by atoms with Crippen LogP contribution in [0.5, 0.6) is 0 Å². The number of nitrogens with zero attached hydrogens (tertiary/aromatic N) is 5. The Hall–Kier alpha value is -3.49. The number of rotatable bonds is 8. The van der Waals surface area contributed by atoms with E-state index in [1.165, 1.54) is 5.56 Å². The first kappa shape index (κ1) is 22.7. The molecule has 8 nitrogen and oxygen atoms in total. The Bertz CT molecular complexity index is 1110. The molecule has 0 aliphatic carbocycles. The molecule has 1 fully saturated rings. The van der Waals surface area contributed by atoms with Crippen LogP contribution in [0.3, 0.4) is 0 Å². The lowest BCUT2D eigenvalue weighted by Crippen LogP contribution is -2.43. The van der Waals surface area contributed by atoms with Crippen LogP contribution < -0.4 is 16.0 Å². The van der Waals surface area contributed by atoms with Crippen molar-refractivity contribution in [3.8, 4) is 11.4 Å². The van der Waals surface area contributed by atoms with Gasteiger partial charge in [-0.05, 0) is 49.4 Å². The summed E-state index contributed by atoms with van der Waals surface area (Å²) in [5.74, 6) is 2.88. The zero-order valence-electron chi connectivity index (χ0n) is 19.6. The van der Waals surface area contributed by atoms with Crippen LogP contribution in [0.25, 0.3) is 11.4 Å². The second-order valence-electron chi connectivity index (χ2n) is 8.40. The number of hydrogen-bond donors (Lipinski definition) is 3. The number of nitrogens with one attached hydrogen (secondary N) is 3. The molecule has 3 aromatic rings. The number of anilines is 3. The van der Waals surface area contributed by atoms with Crippen LogP contribution in [-0.2, 0) is 6.54 Å². The lowest BCUT2D eigenvalue weighted by atomic mass is 10.1. The Morgan fingerprint density at radius 2 is 1.76 bits per heavy atom. The molecule has 1 saturated heterocycles. The molecule has 33 heavy (non-hydrogen) atoms. The summed E-state index contributed by atoms with van der Waals surface area (Å²) in [6, 6.07) is 12.1. The van der Waals surface area contributed by atoms with Gasteiger partial charge in [-0.15, -0.1) is 0 Å². The number of hydrogen-bond acceptors (Lipinski definition) is 8. The standard InChI is InChI=1S/C25H32N8/c1-18-5-6-21(25-28-10-8-23(26-3)31-25)16-22(18)29-19(2)30-24-15-20(7-9-27-24)17-33-13-11-32(4)12-14-33/h5-10,15-16,29H,2,11-14,17H2,1,3-4H3,(H,27,30)(H,26,28,31). The second kappa shape index (κ2) is 10.4. The first-order chi connectivity index (χ1) is 16.0. The predicted octanol–water partition coefficient (Wildman–Crippen LogP) is 3.63. The van der Waals surface area contributed by atoms with Crippen LogP contribution in [0.2, 0.25) is 0 Å². The fourth-order valence-electron chi connectivity index (χ4n) is 3.79. The van der Waals surface area contributed by atoms with Crippen molar-refractivity contribution in [2.24, 2.45) is 0 Å². The molecule has 0 unspecified atom stereocenters. The molecule has 0 saturated carbocycles. The first-order valence-corrected chi connectivity index (χ1v) is 11.2. The highest BCUT2D eigenvalue weighted by Crippen LogP contribution is 2.25. The van der Waals surface area contributed by atoms with Crippen molar-refractivity contribution in [2.45, 2.75) is 13.5 Å². The molecule has 1 aromatic carbocycles. The van der Waals surface area contributed by atoms with Crippen molar-refractivity contribution in [3.63, 3.8) is 0 Å². The maximum atomic E-state index is 4.54. The number of likely N-dealkylation sites (N-methyl/N-ethyl adjacent to an activating group) is 1. The molecule has 8 heteroatoms. The van der Waals surface area contributed by atoms with Gasteiger partial charge in [-0.1, -0.05) is 18.7 Å². The molecular formula is C25H32N8. The van der Waals surface area contributed by atoms with E-state index in [4.69, 9.17) is 0 Å². The Balaban J connectivity index is 1.41. The van der Waals surface area contributed by atoms with Gasteiger partial charge in [0.2, 0.25) is 0 Å². The topological polar surface area (TPSA) is 81.2 Å². The van der Waals surface area contributed by atoms with Crippen LogP contribution in [0.4, 0.5) is 17.3 Å². The van der Waals surface area contributed by atoms with Gasteiger partial charge in [0.15, 0.2) is 5.82 Å². The first-order valence-electron chi connectivity index (χ1n) is 11.2. The monoisotopic (exact) mass is 444 g/mol. The Morgan fingerprint density at radius 1 is 0.970 bits per heavy atom. The largest absolute Gasteiger partial charge is 0.373 e. The average molecular weight is 445 g/mol. The van der Waals surface area contributed by atoms with Gasteiger partial charge >= 0.3 is 0 Å². The molecule has 172 valence electrons. The van der Waals surface area contributed by atoms with Gasteiger partial charge in [-0.3, -0.25) is 4.90 Å². The third-order valence-corrected chi connectivity index (χ3v) is 5.80. The minimum absolute atomic E-state index is 0.657. The van der Waals surface area contributed by atoms with E-state index in [0.29, 0.717) is 11.6 Å².